The molecule has 0 aromatic carbocycles. The van der Waals surface area contributed by atoms with E-state index in [9.17, 15) is 4.79 Å². The van der Waals surface area contributed by atoms with Crippen LogP contribution in [0.25, 0.3) is 0 Å². The van der Waals surface area contributed by atoms with Crippen LogP contribution < -0.4 is 5.32 Å². The molecule has 2 rings (SSSR count). The minimum atomic E-state index is -0.137. The van der Waals surface area contributed by atoms with Crippen molar-refractivity contribution in [1.82, 2.24) is 10.2 Å². The van der Waals surface area contributed by atoms with Crippen LogP contribution in [0, 0.1) is 5.41 Å². The Morgan fingerprint density at radius 3 is 2.86 bits per heavy atom. The summed E-state index contributed by atoms with van der Waals surface area (Å²) in [6, 6.07) is 0. The number of carbonyl (C=O) groups excluding carboxylic acids is 1. The lowest BCUT2D eigenvalue weighted by molar-refractivity contribution is -0.140. The molecule has 0 saturated carbocycles. The smallest absolute Gasteiger partial charge is 0.305 e. The van der Waals surface area contributed by atoms with Crippen molar-refractivity contribution >= 4 is 35.9 Å². The minimum Gasteiger partial charge on any atom is -0.469 e. The van der Waals surface area contributed by atoms with E-state index in [0.29, 0.717) is 11.8 Å². The van der Waals surface area contributed by atoms with E-state index in [-0.39, 0.29) is 29.9 Å². The van der Waals surface area contributed by atoms with Gasteiger partial charge in [-0.05, 0) is 25.7 Å². The first kappa shape index (κ1) is 19.5. The highest BCUT2D eigenvalue weighted by Crippen LogP contribution is 2.38. The predicted molar refractivity (Wildman–Crippen MR) is 96.7 cm³/mol. The van der Waals surface area contributed by atoms with E-state index >= 15 is 0 Å². The average Bonchev–Trinajstić information content (AvgIpc) is 3.13. The summed E-state index contributed by atoms with van der Waals surface area (Å²) in [5, 5.41) is 3.39. The molecule has 2 aliphatic heterocycles. The van der Waals surface area contributed by atoms with Gasteiger partial charge in [0.15, 0.2) is 5.96 Å². The van der Waals surface area contributed by atoms with E-state index in [0.717, 1.165) is 51.6 Å². The Morgan fingerprint density at radius 2 is 2.23 bits per heavy atom. The molecule has 128 valence electrons. The second-order valence-electron chi connectivity index (χ2n) is 5.98. The highest BCUT2D eigenvalue weighted by molar-refractivity contribution is 14.0. The van der Waals surface area contributed by atoms with Crippen LogP contribution in [-0.2, 0) is 14.3 Å². The maximum atomic E-state index is 11.0. The van der Waals surface area contributed by atoms with Gasteiger partial charge in [0, 0.05) is 45.1 Å². The maximum Gasteiger partial charge on any atom is 0.305 e. The Hall–Kier alpha value is -0.570. The summed E-state index contributed by atoms with van der Waals surface area (Å²) in [6.45, 7) is 4.71. The molecule has 0 radical (unpaired) electrons. The minimum absolute atomic E-state index is 0. The summed E-state index contributed by atoms with van der Waals surface area (Å²) < 4.78 is 10.2. The molecule has 1 N–H and O–H groups in total. The molecule has 1 spiro atoms. The molecule has 0 aromatic heterocycles. The number of carbonyl (C=O) groups is 1. The first-order chi connectivity index (χ1) is 10.2. The summed E-state index contributed by atoms with van der Waals surface area (Å²) in [5.41, 5.74) is 0.350. The normalized spacial score (nSPS) is 24.5. The van der Waals surface area contributed by atoms with Crippen LogP contribution >= 0.6 is 24.0 Å². The van der Waals surface area contributed by atoms with Gasteiger partial charge in [-0.2, -0.15) is 0 Å². The van der Waals surface area contributed by atoms with E-state index in [1.807, 2.05) is 7.05 Å². The van der Waals surface area contributed by atoms with Gasteiger partial charge < -0.3 is 19.7 Å². The largest absolute Gasteiger partial charge is 0.469 e. The third-order valence-electron chi connectivity index (χ3n) is 4.45. The number of hydrogen-bond acceptors (Lipinski definition) is 4. The second kappa shape index (κ2) is 9.54. The monoisotopic (exact) mass is 425 g/mol. The van der Waals surface area contributed by atoms with Gasteiger partial charge in [0.05, 0.1) is 13.7 Å². The van der Waals surface area contributed by atoms with E-state index in [1.165, 1.54) is 20.0 Å². The zero-order chi connectivity index (χ0) is 15.1. The molecule has 1 atom stereocenters. The van der Waals surface area contributed by atoms with Gasteiger partial charge >= 0.3 is 5.97 Å². The van der Waals surface area contributed by atoms with Crippen molar-refractivity contribution in [1.29, 1.82) is 0 Å². The Balaban J connectivity index is 0.00000242. The fraction of sp³-hybridized carbons (Fsp3) is 0.867. The van der Waals surface area contributed by atoms with Gasteiger partial charge in [0.2, 0.25) is 0 Å². The number of unbranched alkanes of at least 4 members (excludes halogenated alkanes) is 1. The number of nitrogens with one attached hydrogen (secondary N) is 1. The van der Waals surface area contributed by atoms with Crippen molar-refractivity contribution in [3.05, 3.63) is 0 Å². The number of methoxy groups -OCH3 is 1. The van der Waals surface area contributed by atoms with Crippen molar-refractivity contribution in [3.8, 4) is 0 Å². The lowest BCUT2D eigenvalue weighted by Gasteiger charge is -2.24. The average molecular weight is 425 g/mol. The standard InChI is InChI=1S/C15H27N3O3.HI/c1-16-14(17-8-4-3-5-13(19)20-2)18-9-6-15(11-18)7-10-21-12-15;/h3-12H2,1-2H3,(H,16,17);1H. The molecule has 22 heavy (non-hydrogen) atoms. The number of hydrogen-bond donors (Lipinski definition) is 1. The van der Waals surface area contributed by atoms with E-state index in [4.69, 9.17) is 4.74 Å². The summed E-state index contributed by atoms with van der Waals surface area (Å²) in [6.07, 6.45) is 4.63. The number of guanidine groups is 1. The van der Waals surface area contributed by atoms with Crippen LogP contribution in [-0.4, -0.2) is 63.8 Å². The van der Waals surface area contributed by atoms with Crippen LogP contribution in [0.15, 0.2) is 4.99 Å². The SMILES string of the molecule is CN=C(NCCCCC(=O)OC)N1CCC2(CCOC2)C1.I. The quantitative estimate of drug-likeness (QED) is 0.239. The summed E-state index contributed by atoms with van der Waals surface area (Å²) in [5.74, 6) is 0.832. The first-order valence-electron chi connectivity index (χ1n) is 7.79. The molecule has 2 saturated heterocycles. The lowest BCUT2D eigenvalue weighted by Crippen LogP contribution is -2.41. The van der Waals surface area contributed by atoms with Crippen molar-refractivity contribution in [2.24, 2.45) is 10.4 Å². The van der Waals surface area contributed by atoms with Gasteiger partial charge in [-0.15, -0.1) is 24.0 Å². The van der Waals surface area contributed by atoms with Crippen LogP contribution in [0.4, 0.5) is 0 Å². The maximum absolute atomic E-state index is 11.0. The molecule has 2 heterocycles. The van der Waals surface area contributed by atoms with Crippen molar-refractivity contribution in [2.75, 3.05) is 47.0 Å². The molecular formula is C15H28IN3O3. The molecule has 0 bridgehead atoms. The topological polar surface area (TPSA) is 63.2 Å². The van der Waals surface area contributed by atoms with Crippen LogP contribution in [0.2, 0.25) is 0 Å². The number of ether oxygens (including phenoxy) is 2. The molecule has 0 aliphatic carbocycles. The Kier molecular flexibility index (Phi) is 8.45. The predicted octanol–water partition coefficient (Wildman–Crippen LogP) is 1.64. The van der Waals surface area contributed by atoms with Gasteiger partial charge in [-0.3, -0.25) is 9.79 Å². The highest BCUT2D eigenvalue weighted by Gasteiger charge is 2.42. The van der Waals surface area contributed by atoms with Gasteiger partial charge in [-0.1, -0.05) is 0 Å². The summed E-state index contributed by atoms with van der Waals surface area (Å²) >= 11 is 0. The van der Waals surface area contributed by atoms with Gasteiger partial charge in [0.1, 0.15) is 0 Å². The van der Waals surface area contributed by atoms with Gasteiger partial charge in [0.25, 0.3) is 0 Å². The molecule has 7 heteroatoms. The number of aliphatic imine (C=N–C) groups is 1. The third-order valence-corrected chi connectivity index (χ3v) is 4.45. The Bertz CT molecular complexity index is 384. The van der Waals surface area contributed by atoms with Crippen LogP contribution in [0.3, 0.4) is 0 Å². The second-order valence-corrected chi connectivity index (χ2v) is 5.98. The molecular weight excluding hydrogens is 397 g/mol. The number of nitrogens with zero attached hydrogens (tertiary/aromatic N) is 2. The summed E-state index contributed by atoms with van der Waals surface area (Å²) in [4.78, 5) is 17.7. The van der Waals surface area contributed by atoms with E-state index in [2.05, 4.69) is 19.9 Å². The zero-order valence-corrected chi connectivity index (χ0v) is 15.9. The Morgan fingerprint density at radius 1 is 1.41 bits per heavy atom. The summed E-state index contributed by atoms with van der Waals surface area (Å²) in [7, 11) is 3.26. The first-order valence-corrected chi connectivity index (χ1v) is 7.79. The van der Waals surface area contributed by atoms with Crippen molar-refractivity contribution < 1.29 is 14.3 Å². The number of esters is 1. The molecule has 0 aromatic rings. The molecule has 2 aliphatic rings. The molecule has 1 unspecified atom stereocenters. The highest BCUT2D eigenvalue weighted by atomic mass is 127. The van der Waals surface area contributed by atoms with Crippen molar-refractivity contribution in [2.45, 2.75) is 32.1 Å². The zero-order valence-electron chi connectivity index (χ0n) is 13.6. The van der Waals surface area contributed by atoms with Crippen LogP contribution in [0.1, 0.15) is 32.1 Å². The fourth-order valence-corrected chi connectivity index (χ4v) is 3.12. The van der Waals surface area contributed by atoms with Gasteiger partial charge in [-0.25, -0.2) is 0 Å². The van der Waals surface area contributed by atoms with E-state index in [1.54, 1.807) is 0 Å². The fourth-order valence-electron chi connectivity index (χ4n) is 3.12. The third kappa shape index (κ3) is 5.26. The van der Waals surface area contributed by atoms with Crippen LogP contribution in [0.5, 0.6) is 0 Å². The number of halogens is 1. The van der Waals surface area contributed by atoms with E-state index < -0.39 is 0 Å². The number of likely N-dealkylation sites (tertiary alicyclic amines) is 1. The van der Waals surface area contributed by atoms with Crippen molar-refractivity contribution in [3.63, 3.8) is 0 Å². The molecule has 2 fully saturated rings. The lowest BCUT2D eigenvalue weighted by atomic mass is 9.87. The molecule has 6 nitrogen and oxygen atoms in total. The Labute approximate surface area is 150 Å². The molecule has 0 amide bonds. The number of rotatable bonds is 5.